The highest BCUT2D eigenvalue weighted by Crippen LogP contribution is 2.37. The Labute approximate surface area is 101 Å². The molecule has 0 aliphatic heterocycles. The lowest BCUT2D eigenvalue weighted by atomic mass is 9.93. The maximum absolute atomic E-state index is 5.92. The standard InChI is InChI=1S/C15H13Cl/c16-13-8-5-12(6-9-13)15-10-7-11-3-1-2-4-14(11)15/h1-6,8-9,15H,7,10H2/t15-/m0/s1. The van der Waals surface area contributed by atoms with E-state index in [0.717, 1.165) is 5.02 Å². The summed E-state index contributed by atoms with van der Waals surface area (Å²) in [7, 11) is 0. The molecule has 0 amide bonds. The molecular weight excluding hydrogens is 216 g/mol. The molecule has 0 N–H and O–H groups in total. The highest BCUT2D eigenvalue weighted by atomic mass is 35.5. The van der Waals surface area contributed by atoms with Crippen molar-refractivity contribution in [1.29, 1.82) is 0 Å². The molecule has 3 rings (SSSR count). The van der Waals surface area contributed by atoms with Crippen LogP contribution in [0.5, 0.6) is 0 Å². The summed E-state index contributed by atoms with van der Waals surface area (Å²) in [6.07, 6.45) is 2.42. The van der Waals surface area contributed by atoms with Gasteiger partial charge < -0.3 is 0 Å². The quantitative estimate of drug-likeness (QED) is 0.678. The number of benzene rings is 2. The van der Waals surface area contributed by atoms with Crippen molar-refractivity contribution >= 4 is 11.6 Å². The summed E-state index contributed by atoms with van der Waals surface area (Å²) < 4.78 is 0. The SMILES string of the molecule is Clc1ccc([C@@H]2CCc3ccccc32)cc1. The zero-order valence-electron chi connectivity index (χ0n) is 8.99. The minimum atomic E-state index is 0.563. The van der Waals surface area contributed by atoms with E-state index in [2.05, 4.69) is 36.4 Å². The first kappa shape index (κ1) is 9.92. The summed E-state index contributed by atoms with van der Waals surface area (Å²) in [6, 6.07) is 17.0. The predicted molar refractivity (Wildman–Crippen MR) is 68.1 cm³/mol. The van der Waals surface area contributed by atoms with Crippen molar-refractivity contribution in [3.05, 3.63) is 70.2 Å². The zero-order valence-corrected chi connectivity index (χ0v) is 9.74. The van der Waals surface area contributed by atoms with Crippen molar-refractivity contribution in [2.45, 2.75) is 18.8 Å². The Morgan fingerprint density at radius 1 is 0.938 bits per heavy atom. The first-order valence-corrected chi connectivity index (χ1v) is 6.05. The molecule has 0 saturated heterocycles. The van der Waals surface area contributed by atoms with E-state index >= 15 is 0 Å². The van der Waals surface area contributed by atoms with Crippen molar-refractivity contribution in [2.24, 2.45) is 0 Å². The lowest BCUT2D eigenvalue weighted by Gasteiger charge is -2.11. The Kier molecular flexibility index (Phi) is 2.45. The minimum Gasteiger partial charge on any atom is -0.0843 e. The second-order valence-corrected chi connectivity index (χ2v) is 4.78. The average molecular weight is 229 g/mol. The number of halogens is 1. The normalized spacial score (nSPS) is 18.4. The lowest BCUT2D eigenvalue weighted by molar-refractivity contribution is 0.788. The fraction of sp³-hybridized carbons (Fsp3) is 0.200. The molecule has 0 saturated carbocycles. The van der Waals surface area contributed by atoms with Crippen LogP contribution in [0, 0.1) is 0 Å². The third kappa shape index (κ3) is 1.64. The first-order valence-electron chi connectivity index (χ1n) is 5.68. The van der Waals surface area contributed by atoms with Gasteiger partial charge in [0.1, 0.15) is 0 Å². The van der Waals surface area contributed by atoms with Crippen LogP contribution >= 0.6 is 11.6 Å². The fourth-order valence-electron chi connectivity index (χ4n) is 2.60. The lowest BCUT2D eigenvalue weighted by Crippen LogP contribution is -1.95. The van der Waals surface area contributed by atoms with E-state index in [4.69, 9.17) is 11.6 Å². The van der Waals surface area contributed by atoms with Crippen LogP contribution in [-0.2, 0) is 6.42 Å². The Bertz CT molecular complexity index is 499. The van der Waals surface area contributed by atoms with Crippen molar-refractivity contribution in [2.75, 3.05) is 0 Å². The Balaban J connectivity index is 2.01. The van der Waals surface area contributed by atoms with Gasteiger partial charge in [-0.3, -0.25) is 0 Å². The van der Waals surface area contributed by atoms with E-state index in [0.29, 0.717) is 5.92 Å². The van der Waals surface area contributed by atoms with Crippen molar-refractivity contribution < 1.29 is 0 Å². The molecule has 2 aromatic rings. The Hall–Kier alpha value is -1.27. The molecule has 0 nitrogen and oxygen atoms in total. The number of fused-ring (bicyclic) bond motifs is 1. The smallest absolute Gasteiger partial charge is 0.0406 e. The summed E-state index contributed by atoms with van der Waals surface area (Å²) in [5, 5.41) is 0.815. The number of hydrogen-bond donors (Lipinski definition) is 0. The van der Waals surface area contributed by atoms with E-state index in [9.17, 15) is 0 Å². The van der Waals surface area contributed by atoms with Gasteiger partial charge in [0.05, 0.1) is 0 Å². The fourth-order valence-corrected chi connectivity index (χ4v) is 2.72. The summed E-state index contributed by atoms with van der Waals surface area (Å²) in [4.78, 5) is 0. The highest BCUT2D eigenvalue weighted by Gasteiger charge is 2.22. The molecule has 1 aliphatic rings. The molecule has 0 unspecified atom stereocenters. The number of rotatable bonds is 1. The van der Waals surface area contributed by atoms with Gasteiger partial charge >= 0.3 is 0 Å². The minimum absolute atomic E-state index is 0.563. The molecule has 0 bridgehead atoms. The van der Waals surface area contributed by atoms with Gasteiger partial charge in [-0.25, -0.2) is 0 Å². The summed E-state index contributed by atoms with van der Waals surface area (Å²) in [5.74, 6) is 0.563. The number of aryl methyl sites for hydroxylation is 1. The molecule has 0 heterocycles. The molecule has 1 aliphatic carbocycles. The van der Waals surface area contributed by atoms with Crippen LogP contribution in [0.25, 0.3) is 0 Å². The monoisotopic (exact) mass is 228 g/mol. The predicted octanol–water partition coefficient (Wildman–Crippen LogP) is 4.42. The van der Waals surface area contributed by atoms with Crippen molar-refractivity contribution in [3.63, 3.8) is 0 Å². The van der Waals surface area contributed by atoms with E-state index in [-0.39, 0.29) is 0 Å². The average Bonchev–Trinajstić information content (AvgIpc) is 2.74. The maximum atomic E-state index is 5.92. The van der Waals surface area contributed by atoms with Gasteiger partial charge in [-0.2, -0.15) is 0 Å². The van der Waals surface area contributed by atoms with E-state index in [1.54, 1.807) is 0 Å². The molecule has 1 heteroatoms. The van der Waals surface area contributed by atoms with Crippen LogP contribution in [0.1, 0.15) is 29.0 Å². The van der Waals surface area contributed by atoms with Gasteiger partial charge in [-0.1, -0.05) is 48.0 Å². The molecule has 0 aromatic heterocycles. The molecular formula is C15H13Cl. The highest BCUT2D eigenvalue weighted by molar-refractivity contribution is 6.30. The second kappa shape index (κ2) is 3.95. The molecule has 16 heavy (non-hydrogen) atoms. The third-order valence-electron chi connectivity index (χ3n) is 3.41. The van der Waals surface area contributed by atoms with E-state index < -0.39 is 0 Å². The molecule has 1 atom stereocenters. The molecule has 80 valence electrons. The summed E-state index contributed by atoms with van der Waals surface area (Å²) >= 11 is 5.92. The topological polar surface area (TPSA) is 0 Å². The molecule has 0 fully saturated rings. The Morgan fingerprint density at radius 3 is 2.50 bits per heavy atom. The van der Waals surface area contributed by atoms with Gasteiger partial charge in [0.25, 0.3) is 0 Å². The molecule has 0 spiro atoms. The zero-order chi connectivity index (χ0) is 11.0. The largest absolute Gasteiger partial charge is 0.0843 e. The number of hydrogen-bond acceptors (Lipinski definition) is 0. The van der Waals surface area contributed by atoms with Crippen LogP contribution in [0.4, 0.5) is 0 Å². The van der Waals surface area contributed by atoms with Gasteiger partial charge in [-0.15, -0.1) is 0 Å². The van der Waals surface area contributed by atoms with Crippen LogP contribution in [0.15, 0.2) is 48.5 Å². The summed E-state index contributed by atoms with van der Waals surface area (Å²) in [6.45, 7) is 0. The summed E-state index contributed by atoms with van der Waals surface area (Å²) in [5.41, 5.74) is 4.38. The van der Waals surface area contributed by atoms with Gasteiger partial charge in [0.15, 0.2) is 0 Å². The van der Waals surface area contributed by atoms with Crippen LogP contribution in [0.3, 0.4) is 0 Å². The van der Waals surface area contributed by atoms with E-state index in [1.807, 2.05) is 12.1 Å². The van der Waals surface area contributed by atoms with E-state index in [1.165, 1.54) is 29.5 Å². The van der Waals surface area contributed by atoms with Crippen molar-refractivity contribution in [1.82, 2.24) is 0 Å². The van der Waals surface area contributed by atoms with Crippen LogP contribution in [0.2, 0.25) is 5.02 Å². The maximum Gasteiger partial charge on any atom is 0.0406 e. The van der Waals surface area contributed by atoms with Crippen molar-refractivity contribution in [3.8, 4) is 0 Å². The van der Waals surface area contributed by atoms with Gasteiger partial charge in [0, 0.05) is 10.9 Å². The molecule has 2 aromatic carbocycles. The van der Waals surface area contributed by atoms with Gasteiger partial charge in [0.2, 0.25) is 0 Å². The van der Waals surface area contributed by atoms with Crippen LogP contribution in [-0.4, -0.2) is 0 Å². The third-order valence-corrected chi connectivity index (χ3v) is 3.66. The molecule has 0 radical (unpaired) electrons. The second-order valence-electron chi connectivity index (χ2n) is 4.34. The first-order chi connectivity index (χ1) is 7.84. The van der Waals surface area contributed by atoms with Gasteiger partial charge in [-0.05, 0) is 41.7 Å². The Morgan fingerprint density at radius 2 is 1.69 bits per heavy atom. The van der Waals surface area contributed by atoms with Crippen LogP contribution < -0.4 is 0 Å².